The quantitative estimate of drug-likeness (QED) is 0.532. The zero-order chi connectivity index (χ0) is 25.9. The largest absolute Gasteiger partial charge is 0.492 e. The topological polar surface area (TPSA) is 110 Å². The van der Waals surface area contributed by atoms with E-state index >= 15 is 0 Å². The molecule has 38 heavy (non-hydrogen) atoms. The Morgan fingerprint density at radius 2 is 1.87 bits per heavy atom. The van der Waals surface area contributed by atoms with E-state index < -0.39 is 11.9 Å². The van der Waals surface area contributed by atoms with Crippen LogP contribution in [0.15, 0.2) is 48.8 Å². The van der Waals surface area contributed by atoms with Crippen molar-refractivity contribution in [2.24, 2.45) is 0 Å². The molecule has 2 fully saturated rings. The summed E-state index contributed by atoms with van der Waals surface area (Å²) in [4.78, 5) is 45.7. The molecular formula is C28H28N6O4. The first-order valence-corrected chi connectivity index (χ1v) is 13.1. The number of nitrogens with one attached hydrogen (secondary N) is 1. The summed E-state index contributed by atoms with van der Waals surface area (Å²) >= 11 is 0. The first-order valence-electron chi connectivity index (χ1n) is 13.1. The molecule has 0 saturated carbocycles. The number of piperidine rings is 2. The zero-order valence-corrected chi connectivity index (χ0v) is 20.9. The number of hydrogen-bond acceptors (Lipinski definition) is 7. The number of aromatic nitrogens is 3. The van der Waals surface area contributed by atoms with Crippen molar-refractivity contribution >= 4 is 17.7 Å². The number of benzene rings is 2. The standard InChI is InChI=1S/C28H28N6O4/c35-24-9-8-22(26(36)31-24)33-14-20-19(27(33)37)6-7-21-25(20)38-16-28(21)10-12-32(13-11-28)15-23-29-17-30-34(23)18-4-2-1-3-5-18/h1-7,17,22H,8-16H2,(H,31,35,36). The van der Waals surface area contributed by atoms with E-state index in [1.54, 1.807) is 11.2 Å². The summed E-state index contributed by atoms with van der Waals surface area (Å²) in [7, 11) is 0. The Bertz CT molecular complexity index is 1440. The van der Waals surface area contributed by atoms with Crippen molar-refractivity contribution < 1.29 is 19.1 Å². The van der Waals surface area contributed by atoms with E-state index in [0.717, 1.165) is 55.3 Å². The van der Waals surface area contributed by atoms with Gasteiger partial charge in [-0.3, -0.25) is 24.6 Å². The van der Waals surface area contributed by atoms with Gasteiger partial charge in [-0.2, -0.15) is 5.10 Å². The van der Waals surface area contributed by atoms with Crippen LogP contribution in [0, 0.1) is 0 Å². The van der Waals surface area contributed by atoms with Crippen LogP contribution in [-0.4, -0.2) is 68.0 Å². The average molecular weight is 513 g/mol. The van der Waals surface area contributed by atoms with Gasteiger partial charge in [-0.25, -0.2) is 9.67 Å². The van der Waals surface area contributed by atoms with Gasteiger partial charge in [0.15, 0.2) is 0 Å². The molecule has 4 aliphatic heterocycles. The molecule has 2 saturated heterocycles. The van der Waals surface area contributed by atoms with E-state index in [1.807, 2.05) is 41.1 Å². The fraction of sp³-hybridized carbons (Fsp3) is 0.393. The molecule has 5 heterocycles. The summed E-state index contributed by atoms with van der Waals surface area (Å²) in [5.74, 6) is 0.877. The monoisotopic (exact) mass is 512 g/mol. The van der Waals surface area contributed by atoms with Gasteiger partial charge in [-0.1, -0.05) is 24.3 Å². The Kier molecular flexibility index (Phi) is 5.33. The molecule has 194 valence electrons. The molecule has 2 aromatic carbocycles. The van der Waals surface area contributed by atoms with Gasteiger partial charge in [0.2, 0.25) is 11.8 Å². The van der Waals surface area contributed by atoms with E-state index in [9.17, 15) is 14.4 Å². The van der Waals surface area contributed by atoms with E-state index in [2.05, 4.69) is 26.4 Å². The number of nitrogens with zero attached hydrogens (tertiary/aromatic N) is 5. The van der Waals surface area contributed by atoms with Crippen LogP contribution in [0.4, 0.5) is 0 Å². The summed E-state index contributed by atoms with van der Waals surface area (Å²) in [6.07, 6.45) is 4.10. The first-order chi connectivity index (χ1) is 18.5. The third kappa shape index (κ3) is 3.62. The van der Waals surface area contributed by atoms with E-state index in [-0.39, 0.29) is 23.7 Å². The highest BCUT2D eigenvalue weighted by Crippen LogP contribution is 2.49. The van der Waals surface area contributed by atoms with Crippen LogP contribution in [0.2, 0.25) is 0 Å². The molecule has 0 bridgehead atoms. The second kappa shape index (κ2) is 8.76. The highest BCUT2D eigenvalue weighted by molar-refractivity contribution is 6.05. The fourth-order valence-corrected chi connectivity index (χ4v) is 6.39. The molecule has 1 unspecified atom stereocenters. The molecule has 4 aliphatic rings. The summed E-state index contributed by atoms with van der Waals surface area (Å²) in [6, 6.07) is 13.4. The van der Waals surface area contributed by atoms with Crippen molar-refractivity contribution in [2.45, 2.75) is 50.2 Å². The molecule has 1 atom stereocenters. The third-order valence-corrected chi connectivity index (χ3v) is 8.53. The first kappa shape index (κ1) is 23.1. The molecule has 1 spiro atoms. The number of imide groups is 1. The lowest BCUT2D eigenvalue weighted by atomic mass is 9.74. The van der Waals surface area contributed by atoms with Gasteiger partial charge in [-0.15, -0.1) is 0 Å². The van der Waals surface area contributed by atoms with Gasteiger partial charge < -0.3 is 9.64 Å². The van der Waals surface area contributed by atoms with Gasteiger partial charge in [0.25, 0.3) is 5.91 Å². The molecule has 1 N–H and O–H groups in total. The molecule has 3 amide bonds. The second-order valence-electron chi connectivity index (χ2n) is 10.6. The predicted molar refractivity (Wildman–Crippen MR) is 136 cm³/mol. The summed E-state index contributed by atoms with van der Waals surface area (Å²) < 4.78 is 8.20. The molecule has 7 rings (SSSR count). The van der Waals surface area contributed by atoms with Crippen molar-refractivity contribution in [3.8, 4) is 11.4 Å². The second-order valence-corrected chi connectivity index (χ2v) is 10.6. The minimum absolute atomic E-state index is 0.0843. The van der Waals surface area contributed by atoms with E-state index in [4.69, 9.17) is 4.74 Å². The minimum atomic E-state index is -0.625. The highest BCUT2D eigenvalue weighted by Gasteiger charge is 2.47. The SMILES string of the molecule is O=C1CCC(N2Cc3c(ccc4c3OCC43CCN(Cc4ncnn4-c4ccccc4)CC3)C2=O)C(=O)N1. The maximum Gasteiger partial charge on any atom is 0.255 e. The van der Waals surface area contributed by atoms with Gasteiger partial charge in [0.1, 0.15) is 23.9 Å². The maximum atomic E-state index is 13.2. The van der Waals surface area contributed by atoms with Crippen LogP contribution >= 0.6 is 0 Å². The Balaban J connectivity index is 1.07. The Morgan fingerprint density at radius 1 is 1.05 bits per heavy atom. The van der Waals surface area contributed by atoms with Crippen molar-refractivity contribution in [3.63, 3.8) is 0 Å². The van der Waals surface area contributed by atoms with Crippen molar-refractivity contribution in [2.75, 3.05) is 19.7 Å². The number of hydrogen-bond donors (Lipinski definition) is 1. The molecule has 0 aliphatic carbocycles. The number of amides is 3. The summed E-state index contributed by atoms with van der Waals surface area (Å²) in [6.45, 7) is 3.46. The van der Waals surface area contributed by atoms with Crippen molar-refractivity contribution in [3.05, 3.63) is 71.3 Å². The zero-order valence-electron chi connectivity index (χ0n) is 20.9. The van der Waals surface area contributed by atoms with Gasteiger partial charge in [0, 0.05) is 28.5 Å². The number of carbonyl (C=O) groups is 3. The van der Waals surface area contributed by atoms with Gasteiger partial charge in [-0.05, 0) is 50.6 Å². The van der Waals surface area contributed by atoms with Crippen LogP contribution in [0.1, 0.15) is 53.0 Å². The average Bonchev–Trinajstić information content (AvgIpc) is 3.63. The maximum absolute atomic E-state index is 13.2. The van der Waals surface area contributed by atoms with Crippen LogP contribution in [0.3, 0.4) is 0 Å². The lowest BCUT2D eigenvalue weighted by Crippen LogP contribution is -2.52. The number of para-hydroxylation sites is 1. The van der Waals surface area contributed by atoms with Crippen LogP contribution in [0.5, 0.6) is 5.75 Å². The van der Waals surface area contributed by atoms with E-state index in [1.165, 1.54) is 5.56 Å². The number of ether oxygens (including phenoxy) is 1. The molecule has 3 aromatic rings. The predicted octanol–water partition coefficient (Wildman–Crippen LogP) is 1.95. The molecule has 10 heteroatoms. The summed E-state index contributed by atoms with van der Waals surface area (Å²) in [5, 5.41) is 6.79. The lowest BCUT2D eigenvalue weighted by Gasteiger charge is -2.38. The number of likely N-dealkylation sites (tertiary alicyclic amines) is 1. The van der Waals surface area contributed by atoms with Crippen LogP contribution in [-0.2, 0) is 28.1 Å². The Hall–Kier alpha value is -4.05. The number of fused-ring (bicyclic) bond motifs is 4. The normalized spacial score (nSPS) is 22.4. The fourth-order valence-electron chi connectivity index (χ4n) is 6.39. The van der Waals surface area contributed by atoms with Crippen molar-refractivity contribution in [1.29, 1.82) is 0 Å². The molecule has 10 nitrogen and oxygen atoms in total. The summed E-state index contributed by atoms with van der Waals surface area (Å²) in [5.41, 5.74) is 3.55. The molecule has 1 aromatic heterocycles. The van der Waals surface area contributed by atoms with Crippen LogP contribution < -0.4 is 10.1 Å². The molecular weight excluding hydrogens is 484 g/mol. The number of rotatable bonds is 4. The lowest BCUT2D eigenvalue weighted by molar-refractivity contribution is -0.136. The van der Waals surface area contributed by atoms with Crippen LogP contribution in [0.25, 0.3) is 5.69 Å². The highest BCUT2D eigenvalue weighted by atomic mass is 16.5. The Labute approximate surface area is 219 Å². The third-order valence-electron chi connectivity index (χ3n) is 8.53. The van der Waals surface area contributed by atoms with Crippen molar-refractivity contribution in [1.82, 2.24) is 29.9 Å². The van der Waals surface area contributed by atoms with Gasteiger partial charge in [0.05, 0.1) is 25.4 Å². The number of carbonyl (C=O) groups excluding carboxylic acids is 3. The minimum Gasteiger partial charge on any atom is -0.492 e. The van der Waals surface area contributed by atoms with Gasteiger partial charge >= 0.3 is 0 Å². The molecule has 0 radical (unpaired) electrons. The smallest absolute Gasteiger partial charge is 0.255 e. The Morgan fingerprint density at radius 3 is 2.66 bits per heavy atom. The van der Waals surface area contributed by atoms with E-state index in [0.29, 0.717) is 25.1 Å².